The zero-order chi connectivity index (χ0) is 12.8. The number of rotatable bonds is 6. The lowest BCUT2D eigenvalue weighted by atomic mass is 10.1. The molecule has 1 aromatic carbocycles. The Morgan fingerprint density at radius 2 is 1.94 bits per heavy atom. The number of nitrogens with zero attached hydrogens (tertiary/aromatic N) is 1. The summed E-state index contributed by atoms with van der Waals surface area (Å²) < 4.78 is 0. The summed E-state index contributed by atoms with van der Waals surface area (Å²) in [5.41, 5.74) is 1.92. The van der Waals surface area contributed by atoms with Gasteiger partial charge in [-0.1, -0.05) is 13.0 Å². The molecule has 0 fully saturated rings. The molecule has 0 unspecified atom stereocenters. The van der Waals surface area contributed by atoms with Crippen molar-refractivity contribution in [3.63, 3.8) is 0 Å². The number of Topliss-reactive ketones (excluding diaryl/α,β-unsaturated/α-hetero) is 1. The summed E-state index contributed by atoms with van der Waals surface area (Å²) in [4.78, 5) is 13.8. The minimum Gasteiger partial charge on any atom is -0.365 e. The highest BCUT2D eigenvalue weighted by atomic mass is 16.1. The zero-order valence-corrected chi connectivity index (χ0v) is 10.9. The summed E-state index contributed by atoms with van der Waals surface area (Å²) in [6.45, 7) is 10.8. The molecule has 0 saturated carbocycles. The second kappa shape index (κ2) is 6.24. The first kappa shape index (κ1) is 13.5. The fourth-order valence-corrected chi connectivity index (χ4v) is 1.80. The number of carbonyl (C=O) groups is 1. The predicted molar refractivity (Wildman–Crippen MR) is 73.7 cm³/mol. The van der Waals surface area contributed by atoms with Crippen molar-refractivity contribution in [1.29, 1.82) is 0 Å². The van der Waals surface area contributed by atoms with E-state index < -0.39 is 0 Å². The lowest BCUT2D eigenvalue weighted by Crippen LogP contribution is -2.30. The van der Waals surface area contributed by atoms with E-state index >= 15 is 0 Å². The van der Waals surface area contributed by atoms with Gasteiger partial charge in [0.1, 0.15) is 0 Å². The van der Waals surface area contributed by atoms with Crippen LogP contribution in [0.1, 0.15) is 37.6 Å². The van der Waals surface area contributed by atoms with Crippen LogP contribution in [0.5, 0.6) is 0 Å². The predicted octanol–water partition coefficient (Wildman–Crippen LogP) is 3.68. The summed E-state index contributed by atoms with van der Waals surface area (Å²) in [6, 6.07) is 8.23. The maximum absolute atomic E-state index is 11.5. The van der Waals surface area contributed by atoms with Gasteiger partial charge in [0.05, 0.1) is 0 Å². The second-order valence-electron chi connectivity index (χ2n) is 4.36. The van der Waals surface area contributed by atoms with Gasteiger partial charge in [-0.25, -0.2) is 0 Å². The van der Waals surface area contributed by atoms with Gasteiger partial charge in [-0.3, -0.25) is 4.79 Å². The van der Waals surface area contributed by atoms with Crippen molar-refractivity contribution < 1.29 is 4.79 Å². The van der Waals surface area contributed by atoms with E-state index in [1.807, 2.05) is 37.3 Å². The number of anilines is 1. The number of benzene rings is 1. The lowest BCUT2D eigenvalue weighted by Gasteiger charge is -2.27. The molecule has 0 aliphatic heterocycles. The van der Waals surface area contributed by atoms with E-state index in [2.05, 4.69) is 25.3 Å². The van der Waals surface area contributed by atoms with Crippen molar-refractivity contribution in [3.8, 4) is 0 Å². The van der Waals surface area contributed by atoms with Crippen molar-refractivity contribution in [2.45, 2.75) is 33.2 Å². The van der Waals surface area contributed by atoms with Crippen LogP contribution < -0.4 is 4.90 Å². The third-order valence-corrected chi connectivity index (χ3v) is 2.79. The van der Waals surface area contributed by atoms with Gasteiger partial charge >= 0.3 is 0 Å². The van der Waals surface area contributed by atoms with Crippen LogP contribution in [0.15, 0.2) is 36.9 Å². The van der Waals surface area contributed by atoms with Crippen molar-refractivity contribution in [3.05, 3.63) is 42.5 Å². The van der Waals surface area contributed by atoms with Crippen LogP contribution in [-0.4, -0.2) is 18.4 Å². The second-order valence-corrected chi connectivity index (χ2v) is 4.36. The first-order valence-corrected chi connectivity index (χ1v) is 6.11. The number of carbonyl (C=O) groups excluding carboxylic acids is 1. The van der Waals surface area contributed by atoms with Crippen molar-refractivity contribution in [1.82, 2.24) is 0 Å². The minimum atomic E-state index is 0.191. The maximum atomic E-state index is 11.5. The van der Waals surface area contributed by atoms with E-state index in [1.165, 1.54) is 0 Å². The molecular weight excluding hydrogens is 210 g/mol. The fraction of sp³-hybridized carbons (Fsp3) is 0.400. The van der Waals surface area contributed by atoms with E-state index in [-0.39, 0.29) is 5.78 Å². The average Bonchev–Trinajstić information content (AvgIpc) is 2.35. The smallest absolute Gasteiger partial charge is 0.162 e. The summed E-state index contributed by atoms with van der Waals surface area (Å²) in [7, 11) is 0. The van der Waals surface area contributed by atoms with Gasteiger partial charge < -0.3 is 4.90 Å². The van der Waals surface area contributed by atoms with Crippen LogP contribution in [0, 0.1) is 0 Å². The first-order valence-electron chi connectivity index (χ1n) is 6.11. The van der Waals surface area contributed by atoms with Gasteiger partial charge in [0.2, 0.25) is 0 Å². The highest BCUT2D eigenvalue weighted by Crippen LogP contribution is 2.18. The Morgan fingerprint density at radius 3 is 2.35 bits per heavy atom. The van der Waals surface area contributed by atoms with E-state index in [0.29, 0.717) is 12.5 Å². The monoisotopic (exact) mass is 231 g/mol. The lowest BCUT2D eigenvalue weighted by molar-refractivity contribution is 0.0988. The van der Waals surface area contributed by atoms with E-state index in [1.54, 1.807) is 0 Å². The Labute approximate surface area is 104 Å². The Bertz CT molecular complexity index is 378. The van der Waals surface area contributed by atoms with Gasteiger partial charge in [-0.05, 0) is 38.1 Å². The highest BCUT2D eigenvalue weighted by molar-refractivity contribution is 5.96. The van der Waals surface area contributed by atoms with Gasteiger partial charge in [-0.2, -0.15) is 0 Å². The Morgan fingerprint density at radius 1 is 1.35 bits per heavy atom. The minimum absolute atomic E-state index is 0.191. The molecule has 0 saturated heterocycles. The van der Waals surface area contributed by atoms with Crippen LogP contribution in [0.25, 0.3) is 0 Å². The molecule has 0 spiro atoms. The topological polar surface area (TPSA) is 20.3 Å². The third kappa shape index (κ3) is 3.45. The molecule has 92 valence electrons. The first-order chi connectivity index (χ1) is 8.10. The van der Waals surface area contributed by atoms with Crippen LogP contribution in [0.4, 0.5) is 5.69 Å². The molecule has 2 heteroatoms. The number of ketones is 1. The third-order valence-electron chi connectivity index (χ3n) is 2.79. The molecular formula is C15H21NO. The SMILES string of the molecule is C=CCN(c1ccc(C(=O)CC)cc1)C(C)C. The fourth-order valence-electron chi connectivity index (χ4n) is 1.80. The van der Waals surface area contributed by atoms with Gasteiger partial charge in [0.15, 0.2) is 5.78 Å². The largest absolute Gasteiger partial charge is 0.365 e. The van der Waals surface area contributed by atoms with Gasteiger partial charge in [0, 0.05) is 30.3 Å². The summed E-state index contributed by atoms with van der Waals surface area (Å²) in [6.07, 6.45) is 2.45. The van der Waals surface area contributed by atoms with E-state index in [4.69, 9.17) is 0 Å². The Balaban J connectivity index is 2.91. The molecule has 0 amide bonds. The molecule has 0 atom stereocenters. The Kier molecular flexibility index (Phi) is 4.95. The number of hydrogen-bond acceptors (Lipinski definition) is 2. The standard InChI is InChI=1S/C15H21NO/c1-5-11-16(12(3)4)14-9-7-13(8-10-14)15(17)6-2/h5,7-10,12H,1,6,11H2,2-4H3. The molecule has 17 heavy (non-hydrogen) atoms. The van der Waals surface area contributed by atoms with E-state index in [0.717, 1.165) is 17.8 Å². The number of hydrogen-bond donors (Lipinski definition) is 0. The molecule has 2 nitrogen and oxygen atoms in total. The van der Waals surface area contributed by atoms with Crippen molar-refractivity contribution in [2.24, 2.45) is 0 Å². The molecule has 0 aromatic heterocycles. The average molecular weight is 231 g/mol. The van der Waals surface area contributed by atoms with Gasteiger partial charge in [-0.15, -0.1) is 6.58 Å². The summed E-state index contributed by atoms with van der Waals surface area (Å²) in [5.74, 6) is 0.191. The van der Waals surface area contributed by atoms with Gasteiger partial charge in [0.25, 0.3) is 0 Å². The molecule has 0 radical (unpaired) electrons. The van der Waals surface area contributed by atoms with Crippen LogP contribution >= 0.6 is 0 Å². The quantitative estimate of drug-likeness (QED) is 0.550. The van der Waals surface area contributed by atoms with Crippen molar-refractivity contribution in [2.75, 3.05) is 11.4 Å². The molecule has 1 rings (SSSR count). The van der Waals surface area contributed by atoms with Crippen LogP contribution in [0.2, 0.25) is 0 Å². The molecule has 0 aliphatic rings. The zero-order valence-electron chi connectivity index (χ0n) is 10.9. The highest BCUT2D eigenvalue weighted by Gasteiger charge is 2.09. The molecule has 1 aromatic rings. The summed E-state index contributed by atoms with van der Waals surface area (Å²) in [5, 5.41) is 0. The molecule has 0 bridgehead atoms. The van der Waals surface area contributed by atoms with Crippen LogP contribution in [0.3, 0.4) is 0 Å². The molecule has 0 aliphatic carbocycles. The Hall–Kier alpha value is -1.57. The van der Waals surface area contributed by atoms with Crippen molar-refractivity contribution >= 4 is 11.5 Å². The maximum Gasteiger partial charge on any atom is 0.162 e. The van der Waals surface area contributed by atoms with E-state index in [9.17, 15) is 4.79 Å². The van der Waals surface area contributed by atoms with Crippen LogP contribution in [-0.2, 0) is 0 Å². The molecule has 0 heterocycles. The normalized spacial score (nSPS) is 10.4. The molecule has 0 N–H and O–H groups in total. The summed E-state index contributed by atoms with van der Waals surface area (Å²) >= 11 is 0.